The number of hydrogen-bond donors (Lipinski definition) is 2. The molecule has 0 amide bonds. The van der Waals surface area contributed by atoms with Crippen molar-refractivity contribution in [3.05, 3.63) is 62.1 Å². The van der Waals surface area contributed by atoms with Gasteiger partial charge in [0.1, 0.15) is 0 Å². The fourth-order valence-electron chi connectivity index (χ4n) is 1.50. The van der Waals surface area contributed by atoms with Gasteiger partial charge in [-0.3, -0.25) is 15.5 Å². The van der Waals surface area contributed by atoms with Gasteiger partial charge in [0, 0.05) is 12.1 Å². The fraction of sp³-hybridized carbons (Fsp3) is 0. The lowest BCUT2D eigenvalue weighted by Crippen LogP contribution is -1.92. The molecule has 0 bridgehead atoms. The molecule has 2 rings (SSSR count). The lowest BCUT2D eigenvalue weighted by atomic mass is 10.2. The second-order valence-electron chi connectivity index (χ2n) is 4.01. The largest absolute Gasteiger partial charge is 0.505 e. The van der Waals surface area contributed by atoms with Crippen LogP contribution in [0.2, 0.25) is 10.0 Å². The van der Waals surface area contributed by atoms with E-state index in [1.54, 1.807) is 0 Å². The zero-order valence-electron chi connectivity index (χ0n) is 10.5. The summed E-state index contributed by atoms with van der Waals surface area (Å²) in [5.74, 6) is -0.182. The van der Waals surface area contributed by atoms with Crippen LogP contribution in [0.3, 0.4) is 0 Å². The number of nitrogens with zero attached hydrogens (tertiary/aromatic N) is 2. The van der Waals surface area contributed by atoms with Gasteiger partial charge in [0.05, 0.1) is 26.9 Å². The lowest BCUT2D eigenvalue weighted by molar-refractivity contribution is -0.384. The second kappa shape index (κ2) is 6.43. The van der Waals surface area contributed by atoms with Crippen molar-refractivity contribution in [2.24, 2.45) is 5.10 Å². The molecule has 0 spiro atoms. The van der Waals surface area contributed by atoms with Crippen molar-refractivity contribution < 1.29 is 10.0 Å². The average molecular weight is 326 g/mol. The highest BCUT2D eigenvalue weighted by atomic mass is 35.5. The van der Waals surface area contributed by atoms with Gasteiger partial charge in [-0.1, -0.05) is 23.2 Å². The van der Waals surface area contributed by atoms with E-state index in [9.17, 15) is 15.2 Å². The number of hydrogen-bond acceptors (Lipinski definition) is 5. The lowest BCUT2D eigenvalue weighted by Gasteiger charge is -2.02. The third kappa shape index (κ3) is 3.84. The van der Waals surface area contributed by atoms with E-state index < -0.39 is 4.92 Å². The summed E-state index contributed by atoms with van der Waals surface area (Å²) >= 11 is 11.6. The van der Waals surface area contributed by atoms with E-state index in [4.69, 9.17) is 23.2 Å². The molecule has 2 aromatic rings. The van der Waals surface area contributed by atoms with Gasteiger partial charge in [-0.25, -0.2) is 0 Å². The summed E-state index contributed by atoms with van der Waals surface area (Å²) in [6, 6.07) is 8.81. The van der Waals surface area contributed by atoms with E-state index in [1.165, 1.54) is 42.6 Å². The molecule has 0 saturated heterocycles. The van der Waals surface area contributed by atoms with E-state index in [0.717, 1.165) is 0 Å². The first-order valence-corrected chi connectivity index (χ1v) is 6.44. The van der Waals surface area contributed by atoms with Crippen molar-refractivity contribution in [2.45, 2.75) is 0 Å². The molecule has 0 aliphatic carbocycles. The Hall–Kier alpha value is -2.31. The highest BCUT2D eigenvalue weighted by Gasteiger charge is 2.05. The number of anilines is 1. The maximum atomic E-state index is 10.5. The van der Waals surface area contributed by atoms with Gasteiger partial charge in [-0.2, -0.15) is 5.10 Å². The summed E-state index contributed by atoms with van der Waals surface area (Å²) in [6.07, 6.45) is 1.46. The van der Waals surface area contributed by atoms with Crippen molar-refractivity contribution in [3.63, 3.8) is 0 Å². The zero-order valence-corrected chi connectivity index (χ0v) is 12.0. The quantitative estimate of drug-likeness (QED) is 0.504. The van der Waals surface area contributed by atoms with Crippen LogP contribution in [0.5, 0.6) is 5.75 Å². The molecular weight excluding hydrogens is 317 g/mol. The smallest absolute Gasteiger partial charge is 0.269 e. The van der Waals surface area contributed by atoms with Gasteiger partial charge in [-0.05, 0) is 29.8 Å². The maximum absolute atomic E-state index is 10.5. The summed E-state index contributed by atoms with van der Waals surface area (Å²) in [5, 5.41) is 24.1. The molecular formula is C13H9Cl2N3O3. The number of halogens is 2. The van der Waals surface area contributed by atoms with Gasteiger partial charge in [0.2, 0.25) is 0 Å². The monoisotopic (exact) mass is 325 g/mol. The summed E-state index contributed by atoms with van der Waals surface area (Å²) in [6.45, 7) is 0. The molecule has 0 aliphatic heterocycles. The van der Waals surface area contributed by atoms with Gasteiger partial charge in [0.25, 0.3) is 5.69 Å². The Labute approximate surface area is 129 Å². The number of phenols is 1. The SMILES string of the molecule is O=[N+]([O-])c1ccc(N/N=C/c2cc(Cl)c(O)c(Cl)c2)cc1. The Morgan fingerprint density at radius 2 is 1.76 bits per heavy atom. The molecule has 0 atom stereocenters. The van der Waals surface area contributed by atoms with E-state index in [1.807, 2.05) is 0 Å². The predicted octanol–water partition coefficient (Wildman–Crippen LogP) is 4.05. The molecule has 2 N–H and O–H groups in total. The fourth-order valence-corrected chi connectivity index (χ4v) is 2.00. The van der Waals surface area contributed by atoms with Crippen LogP contribution in [0, 0.1) is 10.1 Å². The Bertz CT molecular complexity index is 679. The normalized spacial score (nSPS) is 10.8. The van der Waals surface area contributed by atoms with E-state index in [0.29, 0.717) is 11.3 Å². The van der Waals surface area contributed by atoms with Crippen molar-refractivity contribution >= 4 is 40.8 Å². The van der Waals surface area contributed by atoms with Crippen LogP contribution in [0.4, 0.5) is 11.4 Å². The van der Waals surface area contributed by atoms with Crippen LogP contribution < -0.4 is 5.43 Å². The minimum absolute atomic E-state index is 0.00151. The molecule has 8 heteroatoms. The first-order valence-electron chi connectivity index (χ1n) is 5.69. The summed E-state index contributed by atoms with van der Waals surface area (Å²) in [7, 11) is 0. The van der Waals surface area contributed by atoms with Crippen LogP contribution in [0.25, 0.3) is 0 Å². The summed E-state index contributed by atoms with van der Waals surface area (Å²) < 4.78 is 0. The third-order valence-electron chi connectivity index (χ3n) is 2.52. The van der Waals surface area contributed by atoms with E-state index in [-0.39, 0.29) is 21.5 Å². The molecule has 21 heavy (non-hydrogen) atoms. The summed E-state index contributed by atoms with van der Waals surface area (Å²) in [5.41, 5.74) is 3.90. The van der Waals surface area contributed by atoms with Gasteiger partial charge in [0.15, 0.2) is 5.75 Å². The first kappa shape index (κ1) is 15.1. The molecule has 108 valence electrons. The molecule has 0 unspecified atom stereocenters. The molecule has 6 nitrogen and oxygen atoms in total. The topological polar surface area (TPSA) is 87.8 Å². The number of aromatic hydroxyl groups is 1. The predicted molar refractivity (Wildman–Crippen MR) is 82.4 cm³/mol. The first-order chi connectivity index (χ1) is 9.97. The summed E-state index contributed by atoms with van der Waals surface area (Å²) in [4.78, 5) is 10.0. The van der Waals surface area contributed by atoms with Crippen LogP contribution in [0.1, 0.15) is 5.56 Å². The highest BCUT2D eigenvalue weighted by Crippen LogP contribution is 2.32. The van der Waals surface area contributed by atoms with Crippen molar-refractivity contribution in [3.8, 4) is 5.75 Å². The molecule has 0 fully saturated rings. The second-order valence-corrected chi connectivity index (χ2v) is 4.82. The van der Waals surface area contributed by atoms with Crippen LogP contribution >= 0.6 is 23.2 Å². The molecule has 0 heterocycles. The molecule has 0 aliphatic rings. The molecule has 0 saturated carbocycles. The standard InChI is InChI=1S/C13H9Cl2N3O3/c14-11-5-8(6-12(15)13(11)19)7-16-17-9-1-3-10(4-2-9)18(20)21/h1-7,17,19H/b16-7+. The van der Waals surface area contributed by atoms with Crippen LogP contribution in [0.15, 0.2) is 41.5 Å². The van der Waals surface area contributed by atoms with Crippen LogP contribution in [-0.4, -0.2) is 16.2 Å². The molecule has 0 aromatic heterocycles. The number of benzene rings is 2. The van der Waals surface area contributed by atoms with E-state index in [2.05, 4.69) is 10.5 Å². The van der Waals surface area contributed by atoms with Gasteiger partial charge in [-0.15, -0.1) is 0 Å². The van der Waals surface area contributed by atoms with Crippen molar-refractivity contribution in [2.75, 3.05) is 5.43 Å². The van der Waals surface area contributed by atoms with Gasteiger partial charge >= 0.3 is 0 Å². The number of non-ortho nitro benzene ring substituents is 1. The van der Waals surface area contributed by atoms with Gasteiger partial charge < -0.3 is 5.11 Å². The van der Waals surface area contributed by atoms with E-state index >= 15 is 0 Å². The minimum atomic E-state index is -0.479. The highest BCUT2D eigenvalue weighted by molar-refractivity contribution is 6.37. The number of rotatable bonds is 4. The Morgan fingerprint density at radius 1 is 1.19 bits per heavy atom. The number of hydrazone groups is 1. The number of nitro benzene ring substituents is 1. The Kier molecular flexibility index (Phi) is 4.62. The Balaban J connectivity index is 2.07. The average Bonchev–Trinajstić information content (AvgIpc) is 2.45. The molecule has 2 aromatic carbocycles. The third-order valence-corrected chi connectivity index (χ3v) is 3.10. The number of nitrogens with one attached hydrogen (secondary N) is 1. The number of phenolic OH excluding ortho intramolecular Hbond substituents is 1. The zero-order chi connectivity index (χ0) is 15.4. The number of nitro groups is 1. The van der Waals surface area contributed by atoms with Crippen LogP contribution in [-0.2, 0) is 0 Å². The minimum Gasteiger partial charge on any atom is -0.505 e. The Morgan fingerprint density at radius 3 is 2.29 bits per heavy atom. The maximum Gasteiger partial charge on any atom is 0.269 e. The van der Waals surface area contributed by atoms with Crippen molar-refractivity contribution in [1.29, 1.82) is 0 Å². The molecule has 0 radical (unpaired) electrons. The van der Waals surface area contributed by atoms with Crippen molar-refractivity contribution in [1.82, 2.24) is 0 Å².